The van der Waals surface area contributed by atoms with Crippen molar-refractivity contribution in [1.29, 1.82) is 0 Å². The zero-order valence-electron chi connectivity index (χ0n) is 9.86. The number of rotatable bonds is 6. The molecule has 0 bridgehead atoms. The van der Waals surface area contributed by atoms with E-state index in [0.29, 0.717) is 12.6 Å². The van der Waals surface area contributed by atoms with Crippen molar-refractivity contribution in [1.82, 2.24) is 9.88 Å². The predicted octanol–water partition coefficient (Wildman–Crippen LogP) is 2.22. The summed E-state index contributed by atoms with van der Waals surface area (Å²) in [5, 5.41) is 3.14. The van der Waals surface area contributed by atoms with Crippen molar-refractivity contribution in [3.63, 3.8) is 0 Å². The van der Waals surface area contributed by atoms with Crippen molar-refractivity contribution in [3.05, 3.63) is 16.1 Å². The molecule has 3 nitrogen and oxygen atoms in total. The molecule has 0 unspecified atom stereocenters. The van der Waals surface area contributed by atoms with E-state index in [1.807, 2.05) is 0 Å². The van der Waals surface area contributed by atoms with Gasteiger partial charge in [-0.25, -0.2) is 4.98 Å². The average Bonchev–Trinajstić information content (AvgIpc) is 2.67. The van der Waals surface area contributed by atoms with Crippen LogP contribution < -0.4 is 5.73 Å². The number of nitrogens with two attached hydrogens (primary N) is 1. The second-order valence-electron chi connectivity index (χ2n) is 3.82. The monoisotopic (exact) mass is 227 g/mol. The maximum Gasteiger partial charge on any atom is 0.106 e. The third kappa shape index (κ3) is 3.55. The fourth-order valence-electron chi connectivity index (χ4n) is 1.81. The molecule has 0 atom stereocenters. The first-order chi connectivity index (χ1) is 7.21. The Morgan fingerprint density at radius 3 is 2.60 bits per heavy atom. The summed E-state index contributed by atoms with van der Waals surface area (Å²) >= 11 is 1.66. The van der Waals surface area contributed by atoms with Crippen LogP contribution in [0.25, 0.3) is 0 Å². The Hall–Kier alpha value is -0.450. The minimum Gasteiger partial charge on any atom is -0.325 e. The van der Waals surface area contributed by atoms with Crippen molar-refractivity contribution < 1.29 is 0 Å². The van der Waals surface area contributed by atoms with Crippen LogP contribution in [0, 0.1) is 0 Å². The van der Waals surface area contributed by atoms with E-state index in [1.54, 1.807) is 11.3 Å². The molecule has 0 spiro atoms. The predicted molar refractivity (Wildman–Crippen MR) is 65.8 cm³/mol. The van der Waals surface area contributed by atoms with Crippen LogP contribution in [0.5, 0.6) is 0 Å². The van der Waals surface area contributed by atoms with E-state index < -0.39 is 0 Å². The Bertz CT molecular complexity index is 281. The fraction of sp³-hybridized carbons (Fsp3) is 0.727. The minimum absolute atomic E-state index is 0.555. The van der Waals surface area contributed by atoms with Gasteiger partial charge in [0.1, 0.15) is 5.01 Å². The van der Waals surface area contributed by atoms with E-state index in [4.69, 9.17) is 5.73 Å². The molecule has 1 aromatic rings. The number of thiazole rings is 1. The van der Waals surface area contributed by atoms with Crippen molar-refractivity contribution in [2.75, 3.05) is 7.05 Å². The Kier molecular flexibility index (Phi) is 5.22. The Morgan fingerprint density at radius 1 is 1.47 bits per heavy atom. The number of aromatic nitrogens is 1. The van der Waals surface area contributed by atoms with Gasteiger partial charge in [-0.3, -0.25) is 4.90 Å². The van der Waals surface area contributed by atoms with Gasteiger partial charge >= 0.3 is 0 Å². The fourth-order valence-corrected chi connectivity index (χ4v) is 2.48. The van der Waals surface area contributed by atoms with Crippen molar-refractivity contribution in [3.8, 4) is 0 Å². The number of hydrogen-bond acceptors (Lipinski definition) is 4. The van der Waals surface area contributed by atoms with Crippen molar-refractivity contribution in [2.45, 2.75) is 45.8 Å². The summed E-state index contributed by atoms with van der Waals surface area (Å²) in [7, 11) is 2.17. The molecule has 0 aliphatic rings. The van der Waals surface area contributed by atoms with Gasteiger partial charge in [-0.2, -0.15) is 0 Å². The Balaban J connectivity index is 2.53. The van der Waals surface area contributed by atoms with Crippen LogP contribution in [-0.4, -0.2) is 23.0 Å². The highest BCUT2D eigenvalue weighted by Crippen LogP contribution is 2.14. The van der Waals surface area contributed by atoms with Crippen molar-refractivity contribution >= 4 is 11.3 Å². The summed E-state index contributed by atoms with van der Waals surface area (Å²) in [6.07, 6.45) is 2.39. The lowest BCUT2D eigenvalue weighted by Crippen LogP contribution is -2.30. The van der Waals surface area contributed by atoms with Gasteiger partial charge in [0.05, 0.1) is 5.69 Å². The Morgan fingerprint density at radius 2 is 2.13 bits per heavy atom. The van der Waals surface area contributed by atoms with Gasteiger partial charge in [0.15, 0.2) is 0 Å². The summed E-state index contributed by atoms with van der Waals surface area (Å²) in [5.74, 6) is 0. The second kappa shape index (κ2) is 6.20. The molecule has 0 fully saturated rings. The molecule has 15 heavy (non-hydrogen) atoms. The first kappa shape index (κ1) is 12.6. The normalized spacial score (nSPS) is 11.6. The third-order valence-corrected chi connectivity index (χ3v) is 3.67. The summed E-state index contributed by atoms with van der Waals surface area (Å²) in [6, 6.07) is 0.660. The summed E-state index contributed by atoms with van der Waals surface area (Å²) in [5.41, 5.74) is 6.69. The quantitative estimate of drug-likeness (QED) is 0.810. The van der Waals surface area contributed by atoms with E-state index in [0.717, 1.165) is 17.2 Å². The Labute approximate surface area is 96.3 Å². The molecule has 0 aromatic carbocycles. The maximum atomic E-state index is 5.54. The average molecular weight is 227 g/mol. The van der Waals surface area contributed by atoms with Gasteiger partial charge in [-0.05, 0) is 19.9 Å². The maximum absolute atomic E-state index is 5.54. The van der Waals surface area contributed by atoms with Crippen LogP contribution in [-0.2, 0) is 13.1 Å². The van der Waals surface area contributed by atoms with E-state index in [2.05, 4.69) is 36.2 Å². The molecule has 0 aliphatic carbocycles. The van der Waals surface area contributed by atoms with E-state index in [-0.39, 0.29) is 0 Å². The van der Waals surface area contributed by atoms with Crippen LogP contribution in [0.3, 0.4) is 0 Å². The molecule has 1 heterocycles. The molecule has 86 valence electrons. The molecule has 0 radical (unpaired) electrons. The molecule has 1 aromatic heterocycles. The lowest BCUT2D eigenvalue weighted by Gasteiger charge is -2.25. The third-order valence-electron chi connectivity index (χ3n) is 2.75. The molecule has 0 saturated heterocycles. The van der Waals surface area contributed by atoms with Crippen LogP contribution in [0.4, 0.5) is 0 Å². The summed E-state index contributed by atoms with van der Waals surface area (Å²) in [4.78, 5) is 6.84. The largest absolute Gasteiger partial charge is 0.325 e. The van der Waals surface area contributed by atoms with Gasteiger partial charge in [-0.1, -0.05) is 13.8 Å². The first-order valence-electron chi connectivity index (χ1n) is 5.54. The molecule has 4 heteroatoms. The van der Waals surface area contributed by atoms with E-state index in [1.165, 1.54) is 12.8 Å². The molecule has 0 saturated carbocycles. The molecular weight excluding hydrogens is 206 g/mol. The van der Waals surface area contributed by atoms with Crippen LogP contribution >= 0.6 is 11.3 Å². The SMILES string of the molecule is CCC(CC)N(C)Cc1csc(CN)n1. The standard InChI is InChI=1S/C11H21N3S/c1-4-10(5-2)14(3)7-9-8-15-11(6-12)13-9/h8,10H,4-7,12H2,1-3H3. The van der Waals surface area contributed by atoms with Gasteiger partial charge < -0.3 is 5.73 Å². The molecule has 0 aliphatic heterocycles. The lowest BCUT2D eigenvalue weighted by molar-refractivity contribution is 0.219. The first-order valence-corrected chi connectivity index (χ1v) is 6.42. The topological polar surface area (TPSA) is 42.1 Å². The summed E-state index contributed by atoms with van der Waals surface area (Å²) < 4.78 is 0. The number of nitrogens with zero attached hydrogens (tertiary/aromatic N) is 2. The summed E-state index contributed by atoms with van der Waals surface area (Å²) in [6.45, 7) is 5.95. The number of hydrogen-bond donors (Lipinski definition) is 1. The van der Waals surface area contributed by atoms with Gasteiger partial charge in [0.2, 0.25) is 0 Å². The zero-order chi connectivity index (χ0) is 11.3. The highest BCUT2D eigenvalue weighted by Gasteiger charge is 2.11. The molecular formula is C11H21N3S. The van der Waals surface area contributed by atoms with Crippen LogP contribution in [0.15, 0.2) is 5.38 Å². The molecule has 2 N–H and O–H groups in total. The molecule has 1 rings (SSSR count). The zero-order valence-corrected chi connectivity index (χ0v) is 10.7. The van der Waals surface area contributed by atoms with E-state index >= 15 is 0 Å². The van der Waals surface area contributed by atoms with Gasteiger partial charge in [0.25, 0.3) is 0 Å². The highest BCUT2D eigenvalue weighted by atomic mass is 32.1. The minimum atomic E-state index is 0.555. The van der Waals surface area contributed by atoms with Gasteiger partial charge in [0, 0.05) is 24.5 Å². The van der Waals surface area contributed by atoms with E-state index in [9.17, 15) is 0 Å². The second-order valence-corrected chi connectivity index (χ2v) is 4.76. The molecule has 0 amide bonds. The smallest absolute Gasteiger partial charge is 0.106 e. The highest BCUT2D eigenvalue weighted by molar-refractivity contribution is 7.09. The lowest BCUT2D eigenvalue weighted by atomic mass is 10.1. The van der Waals surface area contributed by atoms with Gasteiger partial charge in [-0.15, -0.1) is 11.3 Å². The van der Waals surface area contributed by atoms with Crippen LogP contribution in [0.2, 0.25) is 0 Å². The van der Waals surface area contributed by atoms with Crippen molar-refractivity contribution in [2.24, 2.45) is 5.73 Å². The van der Waals surface area contributed by atoms with Crippen LogP contribution in [0.1, 0.15) is 37.4 Å².